The maximum absolute atomic E-state index is 5.65. The molecule has 1 aromatic heterocycles. The van der Waals surface area contributed by atoms with Crippen LogP contribution in [0.25, 0.3) is 11.3 Å². The van der Waals surface area contributed by atoms with Crippen molar-refractivity contribution in [3.8, 4) is 11.3 Å². The summed E-state index contributed by atoms with van der Waals surface area (Å²) in [7, 11) is 0. The molecule has 1 heterocycles. The van der Waals surface area contributed by atoms with Crippen molar-refractivity contribution in [1.82, 2.24) is 5.16 Å². The van der Waals surface area contributed by atoms with Gasteiger partial charge in [0, 0.05) is 11.1 Å². The number of nitrogen functional groups attached to an aromatic ring is 1. The first-order valence-electron chi connectivity index (χ1n) is 5.95. The molecule has 0 aliphatic heterocycles. The van der Waals surface area contributed by atoms with E-state index >= 15 is 0 Å². The van der Waals surface area contributed by atoms with Crippen LogP contribution in [0.15, 0.2) is 28.8 Å². The van der Waals surface area contributed by atoms with Gasteiger partial charge in [0.2, 0.25) is 5.88 Å². The van der Waals surface area contributed by atoms with E-state index in [1.165, 1.54) is 5.56 Å². The van der Waals surface area contributed by atoms with E-state index in [0.717, 1.165) is 23.2 Å². The van der Waals surface area contributed by atoms with Gasteiger partial charge in [-0.25, -0.2) is 0 Å². The minimum atomic E-state index is 0.394. The second-order valence-electron chi connectivity index (χ2n) is 4.45. The maximum atomic E-state index is 5.65. The number of nitrogens with zero attached hydrogens (tertiary/aromatic N) is 1. The monoisotopic (exact) mass is 230 g/mol. The quantitative estimate of drug-likeness (QED) is 0.873. The molecule has 0 saturated carbocycles. The van der Waals surface area contributed by atoms with Gasteiger partial charge in [-0.3, -0.25) is 0 Å². The van der Waals surface area contributed by atoms with Crippen LogP contribution in [-0.2, 0) is 0 Å². The molecule has 3 nitrogen and oxygen atoms in total. The van der Waals surface area contributed by atoms with Crippen LogP contribution < -0.4 is 5.73 Å². The summed E-state index contributed by atoms with van der Waals surface area (Å²) in [5, 5.41) is 3.98. The van der Waals surface area contributed by atoms with Crippen LogP contribution in [0.4, 0.5) is 5.88 Å². The molecular formula is C14H18N2O. The number of nitrogens with two attached hydrogens (primary N) is 1. The topological polar surface area (TPSA) is 52.0 Å². The molecule has 3 heteroatoms. The highest BCUT2D eigenvalue weighted by Gasteiger charge is 2.11. The van der Waals surface area contributed by atoms with E-state index in [9.17, 15) is 0 Å². The van der Waals surface area contributed by atoms with Crippen molar-refractivity contribution in [2.45, 2.75) is 33.1 Å². The van der Waals surface area contributed by atoms with E-state index in [1.807, 2.05) is 6.92 Å². The highest BCUT2D eigenvalue weighted by molar-refractivity contribution is 5.66. The Labute approximate surface area is 102 Å². The third kappa shape index (κ3) is 2.18. The zero-order chi connectivity index (χ0) is 12.4. The molecule has 2 N–H and O–H groups in total. The number of aromatic nitrogens is 1. The lowest BCUT2D eigenvalue weighted by Gasteiger charge is -2.09. The van der Waals surface area contributed by atoms with E-state index in [2.05, 4.69) is 43.3 Å². The molecule has 17 heavy (non-hydrogen) atoms. The van der Waals surface area contributed by atoms with Crippen LogP contribution in [0.5, 0.6) is 0 Å². The normalized spacial score (nSPS) is 12.6. The highest BCUT2D eigenvalue weighted by atomic mass is 16.5. The van der Waals surface area contributed by atoms with Gasteiger partial charge < -0.3 is 10.3 Å². The van der Waals surface area contributed by atoms with Crippen LogP contribution in [0.1, 0.15) is 37.3 Å². The van der Waals surface area contributed by atoms with Crippen molar-refractivity contribution in [2.75, 3.05) is 5.73 Å². The van der Waals surface area contributed by atoms with E-state index in [0.29, 0.717) is 11.8 Å². The van der Waals surface area contributed by atoms with E-state index < -0.39 is 0 Å². The van der Waals surface area contributed by atoms with E-state index in [-0.39, 0.29) is 0 Å². The summed E-state index contributed by atoms with van der Waals surface area (Å²) in [4.78, 5) is 0. The van der Waals surface area contributed by atoms with Gasteiger partial charge in [0.15, 0.2) is 0 Å². The van der Waals surface area contributed by atoms with Gasteiger partial charge in [0.25, 0.3) is 0 Å². The summed E-state index contributed by atoms with van der Waals surface area (Å²) < 4.78 is 4.98. The molecule has 1 unspecified atom stereocenters. The Morgan fingerprint density at radius 3 is 2.41 bits per heavy atom. The molecule has 2 rings (SSSR count). The Bertz CT molecular complexity index is 499. The molecule has 0 fully saturated rings. The van der Waals surface area contributed by atoms with Crippen LogP contribution in [0, 0.1) is 6.92 Å². The standard InChI is InChI=1S/C14H18N2O/c1-4-9(2)11-5-7-12(8-6-11)13-10(3)14(15)17-16-13/h5-9H,4,15H2,1-3H3. The van der Waals surface area contributed by atoms with E-state index in [4.69, 9.17) is 10.3 Å². The molecule has 2 aromatic rings. The molecular weight excluding hydrogens is 212 g/mol. The second kappa shape index (κ2) is 4.62. The van der Waals surface area contributed by atoms with Crippen LogP contribution in [0.3, 0.4) is 0 Å². The van der Waals surface area contributed by atoms with Crippen molar-refractivity contribution in [1.29, 1.82) is 0 Å². The highest BCUT2D eigenvalue weighted by Crippen LogP contribution is 2.27. The number of hydrogen-bond donors (Lipinski definition) is 1. The minimum absolute atomic E-state index is 0.394. The fourth-order valence-electron chi connectivity index (χ4n) is 1.82. The minimum Gasteiger partial charge on any atom is -0.367 e. The fourth-order valence-corrected chi connectivity index (χ4v) is 1.82. The molecule has 0 bridgehead atoms. The van der Waals surface area contributed by atoms with Gasteiger partial charge >= 0.3 is 0 Å². The summed E-state index contributed by atoms with van der Waals surface area (Å²) in [5.41, 5.74) is 9.79. The first kappa shape index (κ1) is 11.7. The van der Waals surface area contributed by atoms with E-state index in [1.54, 1.807) is 0 Å². The van der Waals surface area contributed by atoms with Crippen molar-refractivity contribution in [3.63, 3.8) is 0 Å². The maximum Gasteiger partial charge on any atom is 0.225 e. The number of benzene rings is 1. The molecule has 0 saturated heterocycles. The summed E-state index contributed by atoms with van der Waals surface area (Å²) in [5.74, 6) is 0.985. The molecule has 1 aromatic carbocycles. The van der Waals surface area contributed by atoms with Crippen LogP contribution in [0.2, 0.25) is 0 Å². The number of anilines is 1. The fraction of sp³-hybridized carbons (Fsp3) is 0.357. The number of rotatable bonds is 3. The van der Waals surface area contributed by atoms with Gasteiger partial charge in [-0.1, -0.05) is 43.3 Å². The first-order valence-corrected chi connectivity index (χ1v) is 5.95. The van der Waals surface area contributed by atoms with Gasteiger partial charge in [-0.2, -0.15) is 0 Å². The van der Waals surface area contributed by atoms with Gasteiger partial charge in [0.1, 0.15) is 5.69 Å². The predicted octanol–water partition coefficient (Wildman–Crippen LogP) is 3.75. The van der Waals surface area contributed by atoms with Crippen LogP contribution >= 0.6 is 0 Å². The predicted molar refractivity (Wildman–Crippen MR) is 69.8 cm³/mol. The Hall–Kier alpha value is -1.77. The first-order chi connectivity index (χ1) is 8.13. The van der Waals surface area contributed by atoms with Crippen molar-refractivity contribution < 1.29 is 4.52 Å². The third-order valence-corrected chi connectivity index (χ3v) is 3.33. The van der Waals surface area contributed by atoms with Crippen molar-refractivity contribution in [3.05, 3.63) is 35.4 Å². The average molecular weight is 230 g/mol. The lowest BCUT2D eigenvalue weighted by Crippen LogP contribution is -1.91. The zero-order valence-corrected chi connectivity index (χ0v) is 10.5. The molecule has 0 amide bonds. The molecule has 1 atom stereocenters. The lowest BCUT2D eigenvalue weighted by atomic mass is 9.96. The second-order valence-corrected chi connectivity index (χ2v) is 4.45. The van der Waals surface area contributed by atoms with Gasteiger partial charge in [0.05, 0.1) is 0 Å². The van der Waals surface area contributed by atoms with Crippen molar-refractivity contribution in [2.24, 2.45) is 0 Å². The molecule has 0 aliphatic rings. The summed E-state index contributed by atoms with van der Waals surface area (Å²) >= 11 is 0. The molecule has 90 valence electrons. The Balaban J connectivity index is 2.32. The van der Waals surface area contributed by atoms with Gasteiger partial charge in [-0.15, -0.1) is 0 Å². The zero-order valence-electron chi connectivity index (χ0n) is 10.5. The smallest absolute Gasteiger partial charge is 0.225 e. The number of hydrogen-bond acceptors (Lipinski definition) is 3. The Morgan fingerprint density at radius 2 is 1.94 bits per heavy atom. The van der Waals surface area contributed by atoms with Crippen molar-refractivity contribution >= 4 is 5.88 Å². The summed E-state index contributed by atoms with van der Waals surface area (Å²) in [6.45, 7) is 6.35. The lowest BCUT2D eigenvalue weighted by molar-refractivity contribution is 0.439. The van der Waals surface area contributed by atoms with Gasteiger partial charge in [-0.05, 0) is 24.8 Å². The van der Waals surface area contributed by atoms with Crippen LogP contribution in [-0.4, -0.2) is 5.16 Å². The molecule has 0 radical (unpaired) electrons. The third-order valence-electron chi connectivity index (χ3n) is 3.33. The molecule has 0 aliphatic carbocycles. The largest absolute Gasteiger partial charge is 0.367 e. The average Bonchev–Trinajstić information content (AvgIpc) is 2.69. The SMILES string of the molecule is CCC(C)c1ccc(-c2noc(N)c2C)cc1. The molecule has 0 spiro atoms. The Kier molecular flexibility index (Phi) is 3.18. The summed E-state index contributed by atoms with van der Waals surface area (Å²) in [6, 6.07) is 8.44. The Morgan fingerprint density at radius 1 is 1.29 bits per heavy atom. The summed E-state index contributed by atoms with van der Waals surface area (Å²) in [6.07, 6.45) is 1.15.